The van der Waals surface area contributed by atoms with Gasteiger partial charge in [-0.15, -0.1) is 0 Å². The number of nitrogens with two attached hydrogens (primary N) is 1. The molecule has 0 spiro atoms. The van der Waals surface area contributed by atoms with E-state index in [4.69, 9.17) is 5.73 Å². The number of hydrogen-bond acceptors (Lipinski definition) is 2. The van der Waals surface area contributed by atoms with Gasteiger partial charge in [-0.25, -0.2) is 0 Å². The molecular formula is C17H23N3O. The van der Waals surface area contributed by atoms with Crippen LogP contribution in [0.1, 0.15) is 31.7 Å². The summed E-state index contributed by atoms with van der Waals surface area (Å²) < 4.78 is 0. The van der Waals surface area contributed by atoms with E-state index in [2.05, 4.69) is 18.0 Å². The Hall–Kier alpha value is -1.81. The highest BCUT2D eigenvalue weighted by atomic mass is 16.2. The molecule has 4 heteroatoms. The predicted molar refractivity (Wildman–Crippen MR) is 85.0 cm³/mol. The molecule has 3 rings (SSSR count). The van der Waals surface area contributed by atoms with Crippen LogP contribution in [0.4, 0.5) is 0 Å². The maximum atomic E-state index is 12.6. The second-order valence-corrected chi connectivity index (χ2v) is 5.93. The van der Waals surface area contributed by atoms with Gasteiger partial charge in [-0.05, 0) is 37.3 Å². The molecule has 4 nitrogen and oxygen atoms in total. The first-order chi connectivity index (χ1) is 10.2. The summed E-state index contributed by atoms with van der Waals surface area (Å²) in [7, 11) is 0. The molecule has 21 heavy (non-hydrogen) atoms. The van der Waals surface area contributed by atoms with Crippen molar-refractivity contribution in [2.75, 3.05) is 6.54 Å². The van der Waals surface area contributed by atoms with Gasteiger partial charge in [0, 0.05) is 29.7 Å². The van der Waals surface area contributed by atoms with E-state index in [-0.39, 0.29) is 5.91 Å². The molecule has 2 aromatic rings. The van der Waals surface area contributed by atoms with E-state index in [1.54, 1.807) is 0 Å². The quantitative estimate of drug-likeness (QED) is 0.856. The smallest absolute Gasteiger partial charge is 0.240 e. The molecule has 1 atom stereocenters. The van der Waals surface area contributed by atoms with Crippen LogP contribution in [0.15, 0.2) is 30.5 Å². The highest BCUT2D eigenvalue weighted by Gasteiger charge is 2.34. The van der Waals surface area contributed by atoms with Crippen LogP contribution >= 0.6 is 0 Å². The summed E-state index contributed by atoms with van der Waals surface area (Å²) in [4.78, 5) is 17.8. The number of H-pyrrole nitrogens is 1. The molecule has 0 aliphatic heterocycles. The van der Waals surface area contributed by atoms with Gasteiger partial charge in [-0.3, -0.25) is 4.79 Å². The molecule has 1 aliphatic carbocycles. The number of benzene rings is 1. The van der Waals surface area contributed by atoms with Crippen LogP contribution in [0.2, 0.25) is 0 Å². The summed E-state index contributed by atoms with van der Waals surface area (Å²) in [6.45, 7) is 2.93. The number of aromatic nitrogens is 1. The Morgan fingerprint density at radius 1 is 1.43 bits per heavy atom. The molecule has 1 amide bonds. The summed E-state index contributed by atoms with van der Waals surface area (Å²) in [5, 5.41) is 1.16. The number of fused-ring (bicyclic) bond motifs is 1. The molecule has 1 aliphatic rings. The van der Waals surface area contributed by atoms with Gasteiger partial charge in [-0.1, -0.05) is 25.1 Å². The number of amides is 1. The van der Waals surface area contributed by atoms with Crippen molar-refractivity contribution in [3.8, 4) is 0 Å². The normalized spacial score (nSPS) is 16.1. The third-order valence-electron chi connectivity index (χ3n) is 4.17. The Morgan fingerprint density at radius 2 is 2.19 bits per heavy atom. The highest BCUT2D eigenvalue weighted by molar-refractivity contribution is 5.86. The highest BCUT2D eigenvalue weighted by Crippen LogP contribution is 2.28. The van der Waals surface area contributed by atoms with E-state index < -0.39 is 6.04 Å². The van der Waals surface area contributed by atoms with Crippen molar-refractivity contribution in [2.24, 2.45) is 5.73 Å². The maximum Gasteiger partial charge on any atom is 0.240 e. The fraction of sp³-hybridized carbons (Fsp3) is 0.471. The van der Waals surface area contributed by atoms with Gasteiger partial charge >= 0.3 is 0 Å². The van der Waals surface area contributed by atoms with Crippen molar-refractivity contribution in [2.45, 2.75) is 44.7 Å². The number of aromatic amines is 1. The zero-order chi connectivity index (χ0) is 14.8. The molecule has 0 saturated heterocycles. The van der Waals surface area contributed by atoms with Crippen molar-refractivity contribution in [3.05, 3.63) is 36.0 Å². The van der Waals surface area contributed by atoms with Crippen molar-refractivity contribution >= 4 is 16.8 Å². The lowest BCUT2D eigenvalue weighted by atomic mass is 10.0. The van der Waals surface area contributed by atoms with Crippen LogP contribution in [0, 0.1) is 0 Å². The second kappa shape index (κ2) is 5.90. The van der Waals surface area contributed by atoms with Gasteiger partial charge in [0.2, 0.25) is 5.91 Å². The number of carbonyl (C=O) groups excluding carboxylic acids is 1. The number of nitrogens with zero attached hydrogens (tertiary/aromatic N) is 1. The fourth-order valence-electron chi connectivity index (χ4n) is 2.94. The van der Waals surface area contributed by atoms with Gasteiger partial charge in [0.25, 0.3) is 0 Å². The third kappa shape index (κ3) is 2.95. The molecule has 3 N–H and O–H groups in total. The van der Waals surface area contributed by atoms with Crippen LogP contribution in [-0.2, 0) is 11.2 Å². The van der Waals surface area contributed by atoms with Gasteiger partial charge in [-0.2, -0.15) is 0 Å². The molecule has 1 aromatic carbocycles. The van der Waals surface area contributed by atoms with E-state index in [9.17, 15) is 4.79 Å². The molecule has 1 fully saturated rings. The Balaban J connectivity index is 1.73. The fourth-order valence-corrected chi connectivity index (χ4v) is 2.94. The molecule has 0 unspecified atom stereocenters. The molecule has 1 aromatic heterocycles. The SMILES string of the molecule is CCCN(C(=O)[C@@H](N)Cc1c[nH]c2ccccc12)C1CC1. The lowest BCUT2D eigenvalue weighted by molar-refractivity contribution is -0.133. The minimum Gasteiger partial charge on any atom is -0.361 e. The van der Waals surface area contributed by atoms with E-state index in [1.165, 1.54) is 0 Å². The largest absolute Gasteiger partial charge is 0.361 e. The van der Waals surface area contributed by atoms with E-state index in [0.717, 1.165) is 42.3 Å². The van der Waals surface area contributed by atoms with Crippen LogP contribution in [-0.4, -0.2) is 34.4 Å². The monoisotopic (exact) mass is 285 g/mol. The van der Waals surface area contributed by atoms with E-state index >= 15 is 0 Å². The number of rotatable bonds is 6. The number of hydrogen-bond donors (Lipinski definition) is 2. The topological polar surface area (TPSA) is 62.1 Å². The summed E-state index contributed by atoms with van der Waals surface area (Å²) in [5.41, 5.74) is 8.41. The van der Waals surface area contributed by atoms with Gasteiger partial charge in [0.05, 0.1) is 6.04 Å². The standard InChI is InChI=1S/C17H23N3O/c1-2-9-20(13-7-8-13)17(21)15(18)10-12-11-19-16-6-4-3-5-14(12)16/h3-6,11,13,15,19H,2,7-10,18H2,1H3/t15-/m0/s1. The zero-order valence-corrected chi connectivity index (χ0v) is 12.5. The third-order valence-corrected chi connectivity index (χ3v) is 4.17. The average molecular weight is 285 g/mol. The summed E-state index contributed by atoms with van der Waals surface area (Å²) >= 11 is 0. The van der Waals surface area contributed by atoms with Crippen LogP contribution < -0.4 is 5.73 Å². The summed E-state index contributed by atoms with van der Waals surface area (Å²) in [6.07, 6.45) is 5.81. The second-order valence-electron chi connectivity index (χ2n) is 5.93. The molecule has 0 radical (unpaired) electrons. The van der Waals surface area contributed by atoms with E-state index in [0.29, 0.717) is 12.5 Å². The predicted octanol–water partition coefficient (Wildman–Crippen LogP) is 2.44. The number of nitrogens with one attached hydrogen (secondary N) is 1. The Bertz CT molecular complexity index is 630. The molecule has 1 heterocycles. The van der Waals surface area contributed by atoms with Gasteiger partial charge in [0.15, 0.2) is 0 Å². The molecule has 112 valence electrons. The maximum absolute atomic E-state index is 12.6. The number of para-hydroxylation sites is 1. The van der Waals surface area contributed by atoms with Crippen molar-refractivity contribution in [1.29, 1.82) is 0 Å². The number of carbonyl (C=O) groups is 1. The Labute approximate surface area is 125 Å². The van der Waals surface area contributed by atoms with Crippen molar-refractivity contribution in [1.82, 2.24) is 9.88 Å². The van der Waals surface area contributed by atoms with Crippen molar-refractivity contribution in [3.63, 3.8) is 0 Å². The van der Waals surface area contributed by atoms with E-state index in [1.807, 2.05) is 29.3 Å². The minimum atomic E-state index is -0.448. The summed E-state index contributed by atoms with van der Waals surface area (Å²) in [6, 6.07) is 8.12. The van der Waals surface area contributed by atoms with Crippen LogP contribution in [0.25, 0.3) is 10.9 Å². The van der Waals surface area contributed by atoms with Gasteiger partial charge in [0.1, 0.15) is 0 Å². The minimum absolute atomic E-state index is 0.102. The first kappa shape index (κ1) is 14.1. The van der Waals surface area contributed by atoms with Crippen LogP contribution in [0.5, 0.6) is 0 Å². The average Bonchev–Trinajstić information content (AvgIpc) is 3.26. The molecule has 1 saturated carbocycles. The van der Waals surface area contributed by atoms with Crippen molar-refractivity contribution < 1.29 is 4.79 Å². The first-order valence-corrected chi connectivity index (χ1v) is 7.81. The van der Waals surface area contributed by atoms with Gasteiger partial charge < -0.3 is 15.6 Å². The first-order valence-electron chi connectivity index (χ1n) is 7.81. The lowest BCUT2D eigenvalue weighted by Crippen LogP contribution is -2.46. The summed E-state index contributed by atoms with van der Waals surface area (Å²) in [5.74, 6) is 0.102. The Kier molecular flexibility index (Phi) is 3.97. The Morgan fingerprint density at radius 3 is 2.90 bits per heavy atom. The van der Waals surface area contributed by atoms with Crippen LogP contribution in [0.3, 0.4) is 0 Å². The lowest BCUT2D eigenvalue weighted by Gasteiger charge is -2.25. The zero-order valence-electron chi connectivity index (χ0n) is 12.5. The molecule has 0 bridgehead atoms. The molecular weight excluding hydrogens is 262 g/mol.